The molecular formula is C16H14FN3O6. The number of hydrogen-bond acceptors (Lipinski definition) is 7. The molecule has 26 heavy (non-hydrogen) atoms. The van der Waals surface area contributed by atoms with Gasteiger partial charge in [0.2, 0.25) is 5.91 Å². The van der Waals surface area contributed by atoms with Gasteiger partial charge in [-0.05, 0) is 17.7 Å². The molecule has 10 heteroatoms. The smallest absolute Gasteiger partial charge is 0.420 e. The van der Waals surface area contributed by atoms with Crippen molar-refractivity contribution in [1.82, 2.24) is 10.3 Å². The van der Waals surface area contributed by atoms with Crippen LogP contribution >= 0.6 is 0 Å². The van der Waals surface area contributed by atoms with E-state index < -0.39 is 30.3 Å². The van der Waals surface area contributed by atoms with Gasteiger partial charge in [0.25, 0.3) is 5.88 Å². The zero-order valence-corrected chi connectivity index (χ0v) is 13.3. The predicted octanol–water partition coefficient (Wildman–Crippen LogP) is 1.07. The number of pyridine rings is 1. The summed E-state index contributed by atoms with van der Waals surface area (Å²) in [5, 5.41) is 10.9. The average Bonchev–Trinajstić information content (AvgIpc) is 2.61. The van der Waals surface area contributed by atoms with Crippen molar-refractivity contribution in [3.8, 4) is 11.6 Å². The van der Waals surface area contributed by atoms with Crippen LogP contribution in [-0.2, 0) is 11.4 Å². The average molecular weight is 363 g/mol. The fraction of sp³-hybridized carbons (Fsp3) is 0.125. The molecule has 0 saturated heterocycles. The quantitative estimate of drug-likeness (QED) is 0.692. The number of carboxylic acids is 1. The number of rotatable bonds is 6. The highest BCUT2D eigenvalue weighted by Crippen LogP contribution is 2.26. The van der Waals surface area contributed by atoms with Gasteiger partial charge in [-0.1, -0.05) is 12.1 Å². The number of aromatic nitrogens is 1. The Kier molecular flexibility index (Phi) is 6.17. The van der Waals surface area contributed by atoms with E-state index in [4.69, 9.17) is 20.3 Å². The lowest BCUT2D eigenvalue weighted by molar-refractivity contribution is -0.118. The number of nitrogens with zero attached hydrogens (tertiary/aromatic N) is 1. The van der Waals surface area contributed by atoms with E-state index in [0.29, 0.717) is 5.56 Å². The summed E-state index contributed by atoms with van der Waals surface area (Å²) in [7, 11) is 0. The number of imide groups is 1. The minimum atomic E-state index is -1.27. The van der Waals surface area contributed by atoms with E-state index in [-0.39, 0.29) is 23.8 Å². The van der Waals surface area contributed by atoms with Crippen LogP contribution in [0.4, 0.5) is 9.18 Å². The van der Waals surface area contributed by atoms with Gasteiger partial charge in [0.05, 0.1) is 12.1 Å². The van der Waals surface area contributed by atoms with Gasteiger partial charge < -0.3 is 20.3 Å². The third-order valence-electron chi connectivity index (χ3n) is 2.99. The number of hydrogen-bond donors (Lipinski definition) is 3. The number of nitrogens with one attached hydrogen (secondary N) is 1. The first-order chi connectivity index (χ1) is 12.4. The van der Waals surface area contributed by atoms with Gasteiger partial charge in [-0.3, -0.25) is 10.1 Å². The zero-order valence-electron chi connectivity index (χ0n) is 13.3. The lowest BCUT2D eigenvalue weighted by atomic mass is 10.2. The number of carbonyl (C=O) groups excluding carboxylic acids is 2. The van der Waals surface area contributed by atoms with Gasteiger partial charge in [0, 0.05) is 12.3 Å². The Balaban J connectivity index is 2.18. The maximum atomic E-state index is 12.9. The molecule has 2 amide bonds. The van der Waals surface area contributed by atoms with E-state index in [1.54, 1.807) is 0 Å². The van der Waals surface area contributed by atoms with Gasteiger partial charge >= 0.3 is 12.1 Å². The summed E-state index contributed by atoms with van der Waals surface area (Å²) in [5.74, 6) is -2.96. The third-order valence-corrected chi connectivity index (χ3v) is 2.99. The van der Waals surface area contributed by atoms with E-state index in [1.165, 1.54) is 24.3 Å². The largest absolute Gasteiger partial charge is 0.483 e. The third kappa shape index (κ3) is 5.24. The number of nitrogens with two attached hydrogens (primary N) is 1. The maximum Gasteiger partial charge on any atom is 0.420 e. The second-order valence-corrected chi connectivity index (χ2v) is 4.89. The number of carbonyl (C=O) groups is 3. The molecule has 0 bridgehead atoms. The van der Waals surface area contributed by atoms with Crippen LogP contribution in [-0.4, -0.2) is 34.6 Å². The Morgan fingerprint density at radius 2 is 1.92 bits per heavy atom. The maximum absolute atomic E-state index is 12.9. The molecule has 1 aromatic heterocycles. The molecule has 2 aromatic rings. The Morgan fingerprint density at radius 3 is 2.54 bits per heavy atom. The van der Waals surface area contributed by atoms with Gasteiger partial charge in [0.1, 0.15) is 12.4 Å². The van der Waals surface area contributed by atoms with Crippen LogP contribution in [0.25, 0.3) is 0 Å². The molecule has 0 unspecified atom stereocenters. The van der Waals surface area contributed by atoms with Crippen LogP contribution in [0.1, 0.15) is 15.9 Å². The van der Waals surface area contributed by atoms with E-state index in [0.717, 1.165) is 12.3 Å². The lowest BCUT2D eigenvalue weighted by Gasteiger charge is -2.11. The highest BCUT2D eigenvalue weighted by Gasteiger charge is 2.17. The molecule has 0 fully saturated rings. The SMILES string of the molecule is NCC(=O)NC(=O)Oc1ncc(C(=O)O)cc1OCc1ccc(F)cc1. The predicted molar refractivity (Wildman–Crippen MR) is 85.1 cm³/mol. The summed E-state index contributed by atoms with van der Waals surface area (Å²) in [4.78, 5) is 37.5. The Morgan fingerprint density at radius 1 is 1.23 bits per heavy atom. The van der Waals surface area contributed by atoms with Gasteiger partial charge in [0.15, 0.2) is 5.75 Å². The van der Waals surface area contributed by atoms with Crippen LogP contribution in [0.3, 0.4) is 0 Å². The highest BCUT2D eigenvalue weighted by molar-refractivity contribution is 5.93. The van der Waals surface area contributed by atoms with E-state index in [9.17, 15) is 18.8 Å². The van der Waals surface area contributed by atoms with Crippen LogP contribution in [0.5, 0.6) is 11.6 Å². The Labute approximate surface area is 146 Å². The second-order valence-electron chi connectivity index (χ2n) is 4.89. The first kappa shape index (κ1) is 18.8. The summed E-state index contributed by atoms with van der Waals surface area (Å²) >= 11 is 0. The zero-order chi connectivity index (χ0) is 19.1. The van der Waals surface area contributed by atoms with Crippen LogP contribution in [0, 0.1) is 5.82 Å². The monoisotopic (exact) mass is 363 g/mol. The highest BCUT2D eigenvalue weighted by atomic mass is 19.1. The molecule has 0 aliphatic heterocycles. The van der Waals surface area contributed by atoms with Crippen molar-refractivity contribution in [3.63, 3.8) is 0 Å². The summed E-state index contributed by atoms with van der Waals surface area (Å²) < 4.78 is 23.2. The fourth-order valence-corrected chi connectivity index (χ4v) is 1.75. The van der Waals surface area contributed by atoms with Crippen molar-refractivity contribution in [1.29, 1.82) is 0 Å². The standard InChI is InChI=1S/C16H14FN3O6/c17-11-3-1-9(2-4-11)8-25-12-5-10(15(22)23)7-19-14(12)26-16(24)20-13(21)6-18/h1-5,7H,6,8,18H2,(H,22,23)(H,20,21,24). The molecule has 0 spiro atoms. The first-order valence-corrected chi connectivity index (χ1v) is 7.21. The van der Waals surface area contributed by atoms with Crippen LogP contribution in [0.2, 0.25) is 0 Å². The summed E-state index contributed by atoms with van der Waals surface area (Å²) in [5.41, 5.74) is 5.45. The number of benzene rings is 1. The molecular weight excluding hydrogens is 349 g/mol. The second kappa shape index (κ2) is 8.53. The molecule has 1 aromatic carbocycles. The van der Waals surface area contributed by atoms with E-state index >= 15 is 0 Å². The Hall–Kier alpha value is -3.53. The molecule has 0 aliphatic rings. The lowest BCUT2D eigenvalue weighted by Crippen LogP contribution is -2.37. The van der Waals surface area contributed by atoms with Crippen LogP contribution in [0.15, 0.2) is 36.5 Å². The van der Waals surface area contributed by atoms with Gasteiger partial charge in [-0.25, -0.2) is 19.0 Å². The molecule has 0 saturated carbocycles. The number of aromatic carboxylic acids is 1. The minimum Gasteiger partial charge on any atom is -0.483 e. The normalized spacial score (nSPS) is 10.1. The minimum absolute atomic E-state index is 0.0647. The van der Waals surface area contributed by atoms with Gasteiger partial charge in [-0.2, -0.15) is 0 Å². The van der Waals surface area contributed by atoms with Crippen molar-refractivity contribution in [2.75, 3.05) is 6.54 Å². The number of ether oxygens (including phenoxy) is 2. The van der Waals surface area contributed by atoms with Crippen molar-refractivity contribution in [3.05, 3.63) is 53.5 Å². The van der Waals surface area contributed by atoms with Crippen LogP contribution < -0.4 is 20.5 Å². The van der Waals surface area contributed by atoms with Gasteiger partial charge in [-0.15, -0.1) is 0 Å². The molecule has 2 rings (SSSR count). The molecule has 136 valence electrons. The summed E-state index contributed by atoms with van der Waals surface area (Å²) in [6.45, 7) is -0.487. The molecule has 0 radical (unpaired) electrons. The van der Waals surface area contributed by atoms with Crippen molar-refractivity contribution >= 4 is 18.0 Å². The van der Waals surface area contributed by atoms with Crippen molar-refractivity contribution in [2.45, 2.75) is 6.61 Å². The number of carboxylic acid groups (broad SMARTS) is 1. The molecule has 4 N–H and O–H groups in total. The van der Waals surface area contributed by atoms with Crippen molar-refractivity contribution < 1.29 is 33.4 Å². The topological polar surface area (TPSA) is 141 Å². The fourth-order valence-electron chi connectivity index (χ4n) is 1.75. The molecule has 0 aliphatic carbocycles. The molecule has 0 atom stereocenters. The first-order valence-electron chi connectivity index (χ1n) is 7.21. The number of amides is 2. The van der Waals surface area contributed by atoms with Crippen molar-refractivity contribution in [2.24, 2.45) is 5.73 Å². The Bertz CT molecular complexity index is 825. The molecule has 9 nitrogen and oxygen atoms in total. The van der Waals surface area contributed by atoms with E-state index in [1.807, 2.05) is 5.32 Å². The summed E-state index contributed by atoms with van der Waals surface area (Å²) in [6, 6.07) is 6.50. The number of halogens is 1. The van der Waals surface area contributed by atoms with E-state index in [2.05, 4.69) is 4.98 Å². The summed E-state index contributed by atoms with van der Waals surface area (Å²) in [6.07, 6.45) is -0.192. The molecule has 1 heterocycles.